The third-order valence-corrected chi connectivity index (χ3v) is 4.91. The van der Waals surface area contributed by atoms with E-state index in [1.807, 2.05) is 13.1 Å². The van der Waals surface area contributed by atoms with Crippen molar-refractivity contribution in [2.75, 3.05) is 27.0 Å². The highest BCUT2D eigenvalue weighted by molar-refractivity contribution is 5.83. The molecule has 0 aromatic carbocycles. The van der Waals surface area contributed by atoms with Gasteiger partial charge in [0.15, 0.2) is 0 Å². The molecule has 0 fully saturated rings. The zero-order valence-electron chi connectivity index (χ0n) is 18.9. The van der Waals surface area contributed by atoms with Crippen LogP contribution in [0, 0.1) is 0 Å². The molecule has 0 saturated carbocycles. The van der Waals surface area contributed by atoms with E-state index >= 15 is 0 Å². The largest absolute Gasteiger partial charge is 0.372 e. The number of unbranched alkanes of at least 4 members (excludes halogenated alkanes) is 2. The van der Waals surface area contributed by atoms with Crippen LogP contribution in [0.15, 0.2) is 41.1 Å². The monoisotopic (exact) mass is 390 g/mol. The van der Waals surface area contributed by atoms with Gasteiger partial charge in [0.2, 0.25) is 0 Å². The van der Waals surface area contributed by atoms with Gasteiger partial charge in [-0.05, 0) is 38.7 Å². The van der Waals surface area contributed by atoms with Crippen LogP contribution in [0.25, 0.3) is 0 Å². The Morgan fingerprint density at radius 3 is 2.79 bits per heavy atom. The van der Waals surface area contributed by atoms with Gasteiger partial charge in [-0.2, -0.15) is 0 Å². The molecule has 1 aliphatic heterocycles. The Balaban J connectivity index is 2.78. The summed E-state index contributed by atoms with van der Waals surface area (Å²) in [5, 5.41) is 0. The van der Waals surface area contributed by atoms with Gasteiger partial charge in [-0.1, -0.05) is 57.3 Å². The molecule has 0 N–H and O–H groups in total. The number of rotatable bonds is 12. The number of aliphatic imine (C=N–C) groups is 1. The van der Waals surface area contributed by atoms with E-state index < -0.39 is 0 Å². The highest BCUT2D eigenvalue weighted by Crippen LogP contribution is 2.18. The van der Waals surface area contributed by atoms with Gasteiger partial charge in [-0.3, -0.25) is 4.99 Å². The Bertz CT molecular complexity index is 537. The lowest BCUT2D eigenvalue weighted by atomic mass is 10.0. The van der Waals surface area contributed by atoms with Gasteiger partial charge in [0.05, 0.1) is 25.4 Å². The standard InChI is InChI=1S/C24H42N2O2/c1-7-10-11-13-23(12-8-2)28-18-21(5)25-24(9-3)22-16-20(4)14-15-27-19-26(6)17-22/h9,16-17,23-24H,3,7-8,10-15,18-19H2,1-2,4-6H3/b20-16-,22-17+,25-21+/t23?,24-/m1/s1. The van der Waals surface area contributed by atoms with Crippen LogP contribution in [0.3, 0.4) is 0 Å². The molecule has 0 aliphatic carbocycles. The maximum Gasteiger partial charge on any atom is 0.118 e. The zero-order chi connectivity index (χ0) is 20.8. The van der Waals surface area contributed by atoms with Crippen LogP contribution >= 0.6 is 0 Å². The predicted molar refractivity (Wildman–Crippen MR) is 121 cm³/mol. The van der Waals surface area contributed by atoms with Crippen molar-refractivity contribution in [1.29, 1.82) is 0 Å². The van der Waals surface area contributed by atoms with Crippen molar-refractivity contribution >= 4 is 5.71 Å². The maximum absolute atomic E-state index is 6.20. The lowest BCUT2D eigenvalue weighted by Gasteiger charge is -2.19. The molecule has 28 heavy (non-hydrogen) atoms. The minimum absolute atomic E-state index is 0.0659. The number of hydrogen-bond acceptors (Lipinski definition) is 4. The van der Waals surface area contributed by atoms with Crippen molar-refractivity contribution in [3.63, 3.8) is 0 Å². The van der Waals surface area contributed by atoms with Crippen LogP contribution in [0.5, 0.6) is 0 Å². The molecule has 1 heterocycles. The number of nitrogens with zero attached hydrogens (tertiary/aromatic N) is 2. The molecule has 0 spiro atoms. The predicted octanol–water partition coefficient (Wildman–Crippen LogP) is 5.91. The molecule has 0 radical (unpaired) electrons. The van der Waals surface area contributed by atoms with Crippen molar-refractivity contribution in [3.05, 3.63) is 36.1 Å². The lowest BCUT2D eigenvalue weighted by molar-refractivity contribution is 0.0653. The summed E-state index contributed by atoms with van der Waals surface area (Å²) in [4.78, 5) is 6.98. The summed E-state index contributed by atoms with van der Waals surface area (Å²) in [6.07, 6.45) is 14.8. The summed E-state index contributed by atoms with van der Waals surface area (Å²) >= 11 is 0. The Morgan fingerprint density at radius 1 is 1.32 bits per heavy atom. The van der Waals surface area contributed by atoms with Crippen LogP contribution in [0.4, 0.5) is 0 Å². The Hall–Kier alpha value is -1.39. The molecule has 1 rings (SSSR count). The molecule has 0 amide bonds. The summed E-state index contributed by atoms with van der Waals surface area (Å²) in [7, 11) is 2.03. The Kier molecular flexibility index (Phi) is 12.8. The highest BCUT2D eigenvalue weighted by atomic mass is 16.5. The molecule has 4 nitrogen and oxygen atoms in total. The average molecular weight is 391 g/mol. The summed E-state index contributed by atoms with van der Waals surface area (Å²) < 4.78 is 11.9. The molecule has 0 bridgehead atoms. The van der Waals surface area contributed by atoms with Gasteiger partial charge in [-0.15, -0.1) is 6.58 Å². The summed E-state index contributed by atoms with van der Waals surface area (Å²) in [6, 6.07) is -0.0659. The fourth-order valence-electron chi connectivity index (χ4n) is 3.32. The Morgan fingerprint density at radius 2 is 2.11 bits per heavy atom. The fourth-order valence-corrected chi connectivity index (χ4v) is 3.32. The molecule has 0 aromatic heterocycles. The molecule has 4 heteroatoms. The first kappa shape index (κ1) is 24.6. The second-order valence-corrected chi connectivity index (χ2v) is 7.93. The maximum atomic E-state index is 6.20. The van der Waals surface area contributed by atoms with E-state index in [4.69, 9.17) is 14.5 Å². The van der Waals surface area contributed by atoms with Gasteiger partial charge in [0.1, 0.15) is 6.73 Å². The SMILES string of the molecule is C=C[C@@H](/N=C(\C)COC(CCC)CCCCC)C1=C/N(C)COCC/C(C)=C\1. The topological polar surface area (TPSA) is 34.1 Å². The highest BCUT2D eigenvalue weighted by Gasteiger charge is 2.13. The molecular weight excluding hydrogens is 348 g/mol. The second-order valence-electron chi connectivity index (χ2n) is 7.93. The molecule has 160 valence electrons. The summed E-state index contributed by atoms with van der Waals surface area (Å²) in [6.45, 7) is 14.6. The number of ether oxygens (including phenoxy) is 2. The number of hydrogen-bond donors (Lipinski definition) is 0. The third-order valence-electron chi connectivity index (χ3n) is 4.91. The van der Waals surface area contributed by atoms with Crippen molar-refractivity contribution in [2.24, 2.45) is 4.99 Å². The first-order valence-corrected chi connectivity index (χ1v) is 10.9. The van der Waals surface area contributed by atoms with E-state index in [2.05, 4.69) is 51.4 Å². The summed E-state index contributed by atoms with van der Waals surface area (Å²) in [5.74, 6) is 0. The van der Waals surface area contributed by atoms with Gasteiger partial charge in [0.25, 0.3) is 0 Å². The zero-order valence-corrected chi connectivity index (χ0v) is 18.9. The van der Waals surface area contributed by atoms with Crippen LogP contribution < -0.4 is 0 Å². The van der Waals surface area contributed by atoms with Crippen molar-refractivity contribution in [1.82, 2.24) is 4.90 Å². The normalized spacial score (nSPS) is 22.2. The van der Waals surface area contributed by atoms with Gasteiger partial charge in [0, 0.05) is 19.0 Å². The smallest absolute Gasteiger partial charge is 0.118 e. The molecule has 2 atom stereocenters. The van der Waals surface area contributed by atoms with Crippen LogP contribution in [-0.2, 0) is 9.47 Å². The molecule has 0 aromatic rings. The Labute approximate surface area is 173 Å². The average Bonchev–Trinajstić information content (AvgIpc) is 2.74. The molecule has 1 aliphatic rings. The fraction of sp³-hybridized carbons (Fsp3) is 0.708. The molecular formula is C24H42N2O2. The van der Waals surface area contributed by atoms with Crippen molar-refractivity contribution in [2.45, 2.75) is 84.8 Å². The van der Waals surface area contributed by atoms with Crippen molar-refractivity contribution < 1.29 is 9.47 Å². The van der Waals surface area contributed by atoms with E-state index in [0.717, 1.165) is 43.6 Å². The van der Waals surface area contributed by atoms with Crippen LogP contribution in [-0.4, -0.2) is 49.7 Å². The minimum atomic E-state index is -0.0659. The second kappa shape index (κ2) is 14.6. The van der Waals surface area contributed by atoms with Crippen molar-refractivity contribution in [3.8, 4) is 0 Å². The van der Waals surface area contributed by atoms with Gasteiger partial charge < -0.3 is 14.4 Å². The van der Waals surface area contributed by atoms with Gasteiger partial charge in [-0.25, -0.2) is 0 Å². The molecule has 1 unspecified atom stereocenters. The van der Waals surface area contributed by atoms with Gasteiger partial charge >= 0.3 is 0 Å². The van der Waals surface area contributed by atoms with E-state index in [9.17, 15) is 0 Å². The van der Waals surface area contributed by atoms with Crippen LogP contribution in [0.2, 0.25) is 0 Å². The van der Waals surface area contributed by atoms with E-state index in [-0.39, 0.29) is 6.04 Å². The first-order chi connectivity index (χ1) is 13.5. The van der Waals surface area contributed by atoms with E-state index in [1.165, 1.54) is 24.8 Å². The lowest BCUT2D eigenvalue weighted by Crippen LogP contribution is -2.20. The van der Waals surface area contributed by atoms with Crippen LogP contribution in [0.1, 0.15) is 72.6 Å². The quantitative estimate of drug-likeness (QED) is 0.236. The molecule has 0 saturated heterocycles. The third kappa shape index (κ3) is 10.2. The van der Waals surface area contributed by atoms with E-state index in [0.29, 0.717) is 19.4 Å². The van der Waals surface area contributed by atoms with E-state index in [1.54, 1.807) is 0 Å². The summed E-state index contributed by atoms with van der Waals surface area (Å²) in [5.41, 5.74) is 3.47. The minimum Gasteiger partial charge on any atom is -0.372 e. The first-order valence-electron chi connectivity index (χ1n) is 10.9.